The van der Waals surface area contributed by atoms with E-state index in [-0.39, 0.29) is 11.4 Å². The van der Waals surface area contributed by atoms with Gasteiger partial charge in [-0.3, -0.25) is 15.5 Å². The standard InChI is InChI=1S/C16H17N3O5/c1-22-14-9-8-11(15(23-2)16(14)24-3)10-17-18-12-6-4-5-7-13(12)19(20)21/h4-10,18H,1-3H3/b17-10-. The number of nitro groups is 1. The third kappa shape index (κ3) is 3.54. The van der Waals surface area contributed by atoms with Crippen LogP contribution in [0.4, 0.5) is 11.4 Å². The summed E-state index contributed by atoms with van der Waals surface area (Å²) in [7, 11) is 4.54. The van der Waals surface area contributed by atoms with Crippen LogP contribution in [-0.4, -0.2) is 32.5 Å². The summed E-state index contributed by atoms with van der Waals surface area (Å²) in [6, 6.07) is 9.70. The Morgan fingerprint density at radius 1 is 1.04 bits per heavy atom. The van der Waals surface area contributed by atoms with E-state index in [1.54, 1.807) is 30.3 Å². The van der Waals surface area contributed by atoms with E-state index < -0.39 is 4.92 Å². The predicted octanol–water partition coefficient (Wildman–Crippen LogP) is 3.07. The van der Waals surface area contributed by atoms with Crippen LogP contribution in [0, 0.1) is 10.1 Å². The van der Waals surface area contributed by atoms with Crippen LogP contribution in [0.15, 0.2) is 41.5 Å². The lowest BCUT2D eigenvalue weighted by molar-refractivity contribution is -0.384. The highest BCUT2D eigenvalue weighted by Gasteiger charge is 2.15. The molecule has 0 aromatic heterocycles. The van der Waals surface area contributed by atoms with Crippen LogP contribution >= 0.6 is 0 Å². The predicted molar refractivity (Wildman–Crippen MR) is 90.4 cm³/mol. The molecule has 2 aromatic rings. The molecule has 1 N–H and O–H groups in total. The van der Waals surface area contributed by atoms with Gasteiger partial charge in [0.2, 0.25) is 5.75 Å². The Bertz CT molecular complexity index is 761. The van der Waals surface area contributed by atoms with Gasteiger partial charge >= 0.3 is 0 Å². The lowest BCUT2D eigenvalue weighted by atomic mass is 10.2. The maximum Gasteiger partial charge on any atom is 0.294 e. The Kier molecular flexibility index (Phi) is 5.56. The van der Waals surface area contributed by atoms with Crippen molar-refractivity contribution in [3.8, 4) is 17.2 Å². The third-order valence-corrected chi connectivity index (χ3v) is 3.22. The molecule has 0 unspecified atom stereocenters. The van der Waals surface area contributed by atoms with Crippen LogP contribution in [0.1, 0.15) is 5.56 Å². The zero-order valence-corrected chi connectivity index (χ0v) is 13.5. The first-order valence-electron chi connectivity index (χ1n) is 6.93. The van der Waals surface area contributed by atoms with Crippen molar-refractivity contribution in [2.45, 2.75) is 0 Å². The van der Waals surface area contributed by atoms with Gasteiger partial charge in [0.1, 0.15) is 5.69 Å². The topological polar surface area (TPSA) is 95.2 Å². The van der Waals surface area contributed by atoms with Gasteiger partial charge < -0.3 is 14.2 Å². The molecule has 0 spiro atoms. The van der Waals surface area contributed by atoms with E-state index in [0.717, 1.165) is 0 Å². The van der Waals surface area contributed by atoms with E-state index in [4.69, 9.17) is 14.2 Å². The zero-order valence-electron chi connectivity index (χ0n) is 13.5. The molecule has 0 amide bonds. The van der Waals surface area contributed by atoms with E-state index in [0.29, 0.717) is 22.8 Å². The first kappa shape index (κ1) is 17.1. The highest BCUT2D eigenvalue weighted by Crippen LogP contribution is 2.39. The van der Waals surface area contributed by atoms with Gasteiger partial charge in [0.15, 0.2) is 11.5 Å². The van der Waals surface area contributed by atoms with E-state index in [9.17, 15) is 10.1 Å². The molecule has 0 fully saturated rings. The van der Waals surface area contributed by atoms with Crippen molar-refractivity contribution in [2.24, 2.45) is 5.10 Å². The maximum atomic E-state index is 11.0. The Morgan fingerprint density at radius 2 is 1.75 bits per heavy atom. The number of ether oxygens (including phenoxy) is 3. The van der Waals surface area contributed by atoms with Crippen LogP contribution in [0.2, 0.25) is 0 Å². The number of hydrogen-bond acceptors (Lipinski definition) is 7. The number of hydrogen-bond donors (Lipinski definition) is 1. The molecule has 0 saturated heterocycles. The fraction of sp³-hybridized carbons (Fsp3) is 0.188. The molecule has 0 aliphatic heterocycles. The number of nitrogens with zero attached hydrogens (tertiary/aromatic N) is 2. The van der Waals surface area contributed by atoms with Gasteiger partial charge in [0.05, 0.1) is 32.5 Å². The summed E-state index contributed by atoms with van der Waals surface area (Å²) in [4.78, 5) is 10.5. The monoisotopic (exact) mass is 331 g/mol. The normalized spacial score (nSPS) is 10.5. The highest BCUT2D eigenvalue weighted by atomic mass is 16.6. The number of hydrazone groups is 1. The molecule has 126 valence electrons. The number of anilines is 1. The van der Waals surface area contributed by atoms with Gasteiger partial charge in [0, 0.05) is 11.6 Å². The van der Waals surface area contributed by atoms with Crippen molar-refractivity contribution in [1.29, 1.82) is 0 Å². The van der Waals surface area contributed by atoms with Gasteiger partial charge in [-0.25, -0.2) is 0 Å². The van der Waals surface area contributed by atoms with Crippen molar-refractivity contribution >= 4 is 17.6 Å². The van der Waals surface area contributed by atoms with Gasteiger partial charge in [-0.2, -0.15) is 5.10 Å². The van der Waals surface area contributed by atoms with Gasteiger partial charge in [-0.15, -0.1) is 0 Å². The Labute approximate surface area is 138 Å². The molecule has 0 radical (unpaired) electrons. The number of nitrogens with one attached hydrogen (secondary N) is 1. The number of rotatable bonds is 7. The molecule has 24 heavy (non-hydrogen) atoms. The molecule has 2 aromatic carbocycles. The van der Waals surface area contributed by atoms with Crippen LogP contribution in [0.3, 0.4) is 0 Å². The lowest BCUT2D eigenvalue weighted by Crippen LogP contribution is -2.00. The third-order valence-electron chi connectivity index (χ3n) is 3.22. The lowest BCUT2D eigenvalue weighted by Gasteiger charge is -2.13. The molecule has 0 aliphatic carbocycles. The molecule has 0 atom stereocenters. The fourth-order valence-electron chi connectivity index (χ4n) is 2.12. The maximum absolute atomic E-state index is 11.0. The average molecular weight is 331 g/mol. The summed E-state index contributed by atoms with van der Waals surface area (Å²) < 4.78 is 15.8. The first-order valence-corrected chi connectivity index (χ1v) is 6.93. The zero-order chi connectivity index (χ0) is 17.5. The van der Waals surface area contributed by atoms with Crippen LogP contribution in [0.25, 0.3) is 0 Å². The quantitative estimate of drug-likeness (QED) is 0.476. The average Bonchev–Trinajstić information content (AvgIpc) is 2.61. The van der Waals surface area contributed by atoms with E-state index in [2.05, 4.69) is 10.5 Å². The minimum Gasteiger partial charge on any atom is -0.493 e. The summed E-state index contributed by atoms with van der Waals surface area (Å²) >= 11 is 0. The molecule has 0 heterocycles. The largest absolute Gasteiger partial charge is 0.493 e. The van der Waals surface area contributed by atoms with Gasteiger partial charge in [0.25, 0.3) is 5.69 Å². The summed E-state index contributed by atoms with van der Waals surface area (Å²) in [5.41, 5.74) is 3.52. The van der Waals surface area contributed by atoms with E-state index in [1.165, 1.54) is 33.6 Å². The number of para-hydroxylation sites is 2. The van der Waals surface area contributed by atoms with Gasteiger partial charge in [-0.05, 0) is 18.2 Å². The van der Waals surface area contributed by atoms with Crippen LogP contribution in [0.5, 0.6) is 17.2 Å². The number of nitro benzene ring substituents is 1. The number of methoxy groups -OCH3 is 3. The molecular weight excluding hydrogens is 314 g/mol. The Balaban J connectivity index is 2.29. The first-order chi connectivity index (χ1) is 11.6. The minimum absolute atomic E-state index is 0.0612. The second-order valence-electron chi connectivity index (χ2n) is 4.57. The number of benzene rings is 2. The molecule has 0 saturated carbocycles. The molecule has 8 nitrogen and oxygen atoms in total. The summed E-state index contributed by atoms with van der Waals surface area (Å²) in [6.07, 6.45) is 1.48. The van der Waals surface area contributed by atoms with Crippen molar-refractivity contribution in [3.63, 3.8) is 0 Å². The molecule has 8 heteroatoms. The van der Waals surface area contributed by atoms with Crippen molar-refractivity contribution < 1.29 is 19.1 Å². The van der Waals surface area contributed by atoms with Crippen molar-refractivity contribution in [2.75, 3.05) is 26.8 Å². The Morgan fingerprint density at radius 3 is 2.38 bits per heavy atom. The fourth-order valence-corrected chi connectivity index (χ4v) is 2.12. The van der Waals surface area contributed by atoms with E-state index in [1.807, 2.05) is 0 Å². The second kappa shape index (κ2) is 7.82. The smallest absolute Gasteiger partial charge is 0.294 e. The van der Waals surface area contributed by atoms with Gasteiger partial charge in [-0.1, -0.05) is 12.1 Å². The molecule has 0 bridgehead atoms. The molecular formula is C16H17N3O5. The van der Waals surface area contributed by atoms with Crippen molar-refractivity contribution in [1.82, 2.24) is 0 Å². The minimum atomic E-state index is -0.477. The van der Waals surface area contributed by atoms with Crippen LogP contribution < -0.4 is 19.6 Å². The van der Waals surface area contributed by atoms with Crippen LogP contribution in [-0.2, 0) is 0 Å². The summed E-state index contributed by atoms with van der Waals surface area (Å²) in [6.45, 7) is 0. The SMILES string of the molecule is COc1ccc(/C=N\Nc2ccccc2[N+](=O)[O-])c(OC)c1OC. The summed E-state index contributed by atoms with van der Waals surface area (Å²) in [5.74, 6) is 1.41. The molecule has 0 aliphatic rings. The summed E-state index contributed by atoms with van der Waals surface area (Å²) in [5, 5.41) is 15.0. The second-order valence-corrected chi connectivity index (χ2v) is 4.57. The highest BCUT2D eigenvalue weighted by molar-refractivity contribution is 5.86. The van der Waals surface area contributed by atoms with Crippen molar-refractivity contribution in [3.05, 3.63) is 52.1 Å². The molecule has 2 rings (SSSR count). The van der Waals surface area contributed by atoms with E-state index >= 15 is 0 Å². The Hall–Kier alpha value is -3.29.